The van der Waals surface area contributed by atoms with Gasteiger partial charge in [0, 0.05) is 23.1 Å². The Kier molecular flexibility index (Phi) is 4.36. The molecule has 0 aliphatic carbocycles. The smallest absolute Gasteiger partial charge is 0.254 e. The molecule has 0 N–H and O–H groups in total. The van der Waals surface area contributed by atoms with Gasteiger partial charge in [0.1, 0.15) is 0 Å². The Morgan fingerprint density at radius 2 is 1.94 bits per heavy atom. The molecular weight excluding hydrogens is 322 g/mol. The van der Waals surface area contributed by atoms with Crippen LogP contribution in [0, 0.1) is 0 Å². The molecule has 0 saturated carbocycles. The van der Waals surface area contributed by atoms with Gasteiger partial charge in [-0.05, 0) is 34.1 Å². The van der Waals surface area contributed by atoms with Crippen molar-refractivity contribution in [2.75, 3.05) is 26.3 Å². The molecule has 0 aromatic heterocycles. The Labute approximate surface area is 115 Å². The van der Waals surface area contributed by atoms with E-state index in [0.717, 1.165) is 0 Å². The third-order valence-electron chi connectivity index (χ3n) is 2.69. The highest BCUT2D eigenvalue weighted by Crippen LogP contribution is 2.20. The van der Waals surface area contributed by atoms with Crippen LogP contribution in [0.5, 0.6) is 0 Å². The molecule has 7 heteroatoms. The molecule has 98 valence electrons. The second-order valence-corrected chi connectivity index (χ2v) is 5.68. The van der Waals surface area contributed by atoms with Gasteiger partial charge in [-0.2, -0.15) is 0 Å². The molecule has 1 aromatic carbocycles. The summed E-state index contributed by atoms with van der Waals surface area (Å²) in [7, 11) is -2.72. The highest BCUT2D eigenvalue weighted by Gasteiger charge is 2.19. The van der Waals surface area contributed by atoms with Crippen LogP contribution in [-0.2, 0) is 15.4 Å². The van der Waals surface area contributed by atoms with E-state index in [0.29, 0.717) is 36.3 Å². The minimum absolute atomic E-state index is 0.129. The summed E-state index contributed by atoms with van der Waals surface area (Å²) in [5, 5.41) is 0. The maximum Gasteiger partial charge on any atom is 0.254 e. The minimum Gasteiger partial charge on any atom is -0.378 e. The summed E-state index contributed by atoms with van der Waals surface area (Å²) in [5.41, 5.74) is 0.384. The van der Waals surface area contributed by atoms with E-state index >= 15 is 0 Å². The van der Waals surface area contributed by atoms with E-state index in [1.54, 1.807) is 17.0 Å². The van der Waals surface area contributed by atoms with Crippen LogP contribution in [0.4, 0.5) is 0 Å². The van der Waals surface area contributed by atoms with E-state index in [-0.39, 0.29) is 10.8 Å². The lowest BCUT2D eigenvalue weighted by Crippen LogP contribution is -2.40. The van der Waals surface area contributed by atoms with Crippen LogP contribution in [0.15, 0.2) is 27.6 Å². The number of hydrogen-bond donors (Lipinski definition) is 1. The fraction of sp³-hybridized carbons (Fsp3) is 0.364. The highest BCUT2D eigenvalue weighted by molar-refractivity contribution is 9.10. The number of hydrogen-bond acceptors (Lipinski definition) is 4. The number of ether oxygens (including phenoxy) is 1. The van der Waals surface area contributed by atoms with Gasteiger partial charge in [-0.25, -0.2) is 8.42 Å². The summed E-state index contributed by atoms with van der Waals surface area (Å²) < 4.78 is 27.7. The third kappa shape index (κ3) is 2.90. The van der Waals surface area contributed by atoms with Crippen LogP contribution in [0.2, 0.25) is 0 Å². The number of halogens is 1. The first kappa shape index (κ1) is 13.5. The molecule has 1 amide bonds. The van der Waals surface area contributed by atoms with Crippen LogP contribution in [0.1, 0.15) is 10.4 Å². The van der Waals surface area contributed by atoms with Gasteiger partial charge in [0.05, 0.1) is 18.1 Å². The van der Waals surface area contributed by atoms with Crippen molar-refractivity contribution in [2.24, 2.45) is 0 Å². The highest BCUT2D eigenvalue weighted by atomic mass is 79.9. The third-order valence-corrected chi connectivity index (χ3v) is 4.45. The number of thiol groups is 1. The van der Waals surface area contributed by atoms with Crippen molar-refractivity contribution in [1.82, 2.24) is 4.90 Å². The number of carbonyl (C=O) groups excluding carboxylic acids is 1. The van der Waals surface area contributed by atoms with E-state index in [1.165, 1.54) is 6.07 Å². The average molecular weight is 334 g/mol. The number of benzene rings is 1. The van der Waals surface area contributed by atoms with Crippen molar-refractivity contribution in [1.29, 1.82) is 0 Å². The van der Waals surface area contributed by atoms with Gasteiger partial charge >= 0.3 is 0 Å². The van der Waals surface area contributed by atoms with Gasteiger partial charge in [-0.3, -0.25) is 4.79 Å². The molecule has 0 bridgehead atoms. The lowest BCUT2D eigenvalue weighted by molar-refractivity contribution is 0.0302. The molecule has 2 rings (SSSR count). The van der Waals surface area contributed by atoms with Crippen molar-refractivity contribution in [3.63, 3.8) is 0 Å². The summed E-state index contributed by atoms with van der Waals surface area (Å²) >= 11 is 3.15. The Morgan fingerprint density at radius 1 is 1.28 bits per heavy atom. The predicted octanol–water partition coefficient (Wildman–Crippen LogP) is 0.892. The molecule has 1 aliphatic heterocycles. The Morgan fingerprint density at radius 3 is 2.56 bits per heavy atom. The van der Waals surface area contributed by atoms with Crippen LogP contribution >= 0.6 is 15.9 Å². The van der Waals surface area contributed by atoms with E-state index in [9.17, 15) is 13.2 Å². The Bertz CT molecular complexity index is 530. The van der Waals surface area contributed by atoms with E-state index in [1.807, 2.05) is 0 Å². The molecule has 5 nitrogen and oxygen atoms in total. The van der Waals surface area contributed by atoms with Gasteiger partial charge in [0.15, 0.2) is 10.7 Å². The van der Waals surface area contributed by atoms with Crippen LogP contribution in [-0.4, -0.2) is 45.5 Å². The predicted molar refractivity (Wildman–Crippen MR) is 69.4 cm³/mol. The minimum atomic E-state index is -2.72. The summed E-state index contributed by atoms with van der Waals surface area (Å²) in [6.07, 6.45) is 0. The summed E-state index contributed by atoms with van der Waals surface area (Å²) in [4.78, 5) is 13.9. The number of amides is 1. The molecular formula is C11H12BrNO4S. The first-order valence-corrected chi connectivity index (χ1v) is 7.37. The zero-order valence-electron chi connectivity index (χ0n) is 9.47. The molecule has 1 saturated heterocycles. The number of morpholine rings is 1. The van der Waals surface area contributed by atoms with Gasteiger partial charge in [0.25, 0.3) is 5.91 Å². The van der Waals surface area contributed by atoms with Crippen molar-refractivity contribution in [2.45, 2.75) is 4.90 Å². The van der Waals surface area contributed by atoms with Crippen LogP contribution in [0.3, 0.4) is 0 Å². The fourth-order valence-electron chi connectivity index (χ4n) is 1.73. The SMILES string of the molecule is O=C(c1ccc(Br)c([SH](=O)=O)c1)N1CCOCC1. The van der Waals surface area contributed by atoms with Crippen molar-refractivity contribution in [3.05, 3.63) is 28.2 Å². The molecule has 1 fully saturated rings. The molecule has 1 aromatic rings. The summed E-state index contributed by atoms with van der Waals surface area (Å²) in [6, 6.07) is 4.59. The zero-order valence-corrected chi connectivity index (χ0v) is 11.9. The maximum absolute atomic E-state index is 12.1. The largest absolute Gasteiger partial charge is 0.378 e. The van der Waals surface area contributed by atoms with E-state index < -0.39 is 10.7 Å². The molecule has 1 heterocycles. The first-order valence-electron chi connectivity index (χ1n) is 5.40. The number of nitrogens with zero attached hydrogens (tertiary/aromatic N) is 1. The van der Waals surface area contributed by atoms with E-state index in [4.69, 9.17) is 4.74 Å². The van der Waals surface area contributed by atoms with Crippen LogP contribution in [0.25, 0.3) is 0 Å². The van der Waals surface area contributed by atoms with Crippen LogP contribution < -0.4 is 0 Å². The second kappa shape index (κ2) is 5.81. The summed E-state index contributed by atoms with van der Waals surface area (Å²) in [5.74, 6) is -0.163. The topological polar surface area (TPSA) is 63.7 Å². The number of rotatable bonds is 2. The first-order chi connectivity index (χ1) is 8.59. The average Bonchev–Trinajstić information content (AvgIpc) is 2.39. The molecule has 18 heavy (non-hydrogen) atoms. The van der Waals surface area contributed by atoms with Gasteiger partial charge in [-0.1, -0.05) is 0 Å². The fourth-order valence-corrected chi connectivity index (χ4v) is 2.91. The van der Waals surface area contributed by atoms with Crippen molar-refractivity contribution >= 4 is 32.5 Å². The molecule has 1 aliphatic rings. The summed E-state index contributed by atoms with van der Waals surface area (Å²) in [6.45, 7) is 2.11. The zero-order chi connectivity index (χ0) is 13.1. The monoisotopic (exact) mass is 333 g/mol. The van der Waals surface area contributed by atoms with Gasteiger partial charge in [0.2, 0.25) is 0 Å². The Balaban J connectivity index is 2.27. The quantitative estimate of drug-likeness (QED) is 0.816. The molecule has 0 radical (unpaired) electrons. The molecule has 0 spiro atoms. The van der Waals surface area contributed by atoms with Gasteiger partial charge in [-0.15, -0.1) is 0 Å². The van der Waals surface area contributed by atoms with Crippen molar-refractivity contribution in [3.8, 4) is 0 Å². The maximum atomic E-state index is 12.1. The second-order valence-electron chi connectivity index (χ2n) is 3.83. The normalized spacial score (nSPS) is 16.0. The standard InChI is InChI=1S/C11H12BrNO4S/c12-9-2-1-8(7-10(9)18(15)16)11(14)13-3-5-17-6-4-13/h1-2,7,18H,3-6H2. The molecule has 0 atom stereocenters. The number of carbonyl (C=O) groups is 1. The van der Waals surface area contributed by atoms with Gasteiger partial charge < -0.3 is 9.64 Å². The lowest BCUT2D eigenvalue weighted by atomic mass is 10.2. The molecule has 0 unspecified atom stereocenters. The van der Waals surface area contributed by atoms with Crippen molar-refractivity contribution < 1.29 is 17.9 Å². The van der Waals surface area contributed by atoms with E-state index in [2.05, 4.69) is 15.9 Å². The lowest BCUT2D eigenvalue weighted by Gasteiger charge is -2.26. The Hall–Kier alpha value is -0.920.